The minimum atomic E-state index is -1.53. The molecule has 0 spiro atoms. The van der Waals surface area contributed by atoms with Gasteiger partial charge in [-0.15, -0.1) is 0 Å². The molecule has 2 saturated heterocycles. The average molecular weight is 458 g/mol. The molecule has 0 bridgehead atoms. The minimum absolute atomic E-state index is 0.0139. The second-order valence-corrected chi connectivity index (χ2v) is 8.24. The number of carbonyl (C=O) groups is 3. The first-order valence-electron chi connectivity index (χ1n) is 10.2. The molecule has 0 saturated carbocycles. The Kier molecular flexibility index (Phi) is 8.13. The van der Waals surface area contributed by atoms with Gasteiger partial charge in [0.15, 0.2) is 17.7 Å². The molecule has 12 nitrogen and oxygen atoms in total. The first-order chi connectivity index (χ1) is 14.8. The Labute approximate surface area is 186 Å². The van der Waals surface area contributed by atoms with Gasteiger partial charge in [0.1, 0.15) is 18.3 Å². The fourth-order valence-electron chi connectivity index (χ4n) is 3.61. The number of nitrogens with zero attached hydrogens (tertiary/aromatic N) is 2. The van der Waals surface area contributed by atoms with Crippen LogP contribution < -0.4 is 0 Å². The summed E-state index contributed by atoms with van der Waals surface area (Å²) in [6.07, 6.45) is -5.67. The molecule has 2 aliphatic rings. The van der Waals surface area contributed by atoms with Gasteiger partial charge in [0.05, 0.1) is 13.2 Å². The van der Waals surface area contributed by atoms with Gasteiger partial charge >= 0.3 is 23.6 Å². The summed E-state index contributed by atoms with van der Waals surface area (Å²) in [5.74, 6) is -4.60. The van der Waals surface area contributed by atoms with Crippen molar-refractivity contribution in [2.24, 2.45) is 0 Å². The van der Waals surface area contributed by atoms with Crippen LogP contribution in [0.1, 0.15) is 48.5 Å². The van der Waals surface area contributed by atoms with E-state index in [0.29, 0.717) is 0 Å². The maximum absolute atomic E-state index is 12.4. The van der Waals surface area contributed by atoms with Gasteiger partial charge in [0.2, 0.25) is 6.10 Å². The number of rotatable bonds is 8. The molecule has 0 aromatic rings. The molecule has 2 heterocycles. The Balaban J connectivity index is 2.49. The van der Waals surface area contributed by atoms with Crippen molar-refractivity contribution >= 4 is 23.6 Å². The van der Waals surface area contributed by atoms with Crippen molar-refractivity contribution in [1.82, 2.24) is 0 Å². The lowest BCUT2D eigenvalue weighted by Crippen LogP contribution is -2.54. The van der Waals surface area contributed by atoms with Crippen LogP contribution >= 0.6 is 0 Å². The summed E-state index contributed by atoms with van der Waals surface area (Å²) in [5.41, 5.74) is 8.91. The molecule has 0 radical (unpaired) electrons. The van der Waals surface area contributed by atoms with Crippen molar-refractivity contribution in [3.63, 3.8) is 0 Å². The molecule has 32 heavy (non-hydrogen) atoms. The van der Waals surface area contributed by atoms with Crippen molar-refractivity contribution < 1.29 is 52.3 Å². The summed E-state index contributed by atoms with van der Waals surface area (Å²) >= 11 is 0. The Morgan fingerprint density at radius 2 is 1.59 bits per heavy atom. The fourth-order valence-corrected chi connectivity index (χ4v) is 3.61. The van der Waals surface area contributed by atoms with Gasteiger partial charge in [0.25, 0.3) is 0 Å². The normalized spacial score (nSPS) is 27.7. The van der Waals surface area contributed by atoms with E-state index in [1.165, 1.54) is 6.92 Å². The van der Waals surface area contributed by atoms with Crippen LogP contribution in [0.2, 0.25) is 0 Å². The maximum Gasteiger partial charge on any atom is 0.421 e. The van der Waals surface area contributed by atoms with Gasteiger partial charge in [-0.25, -0.2) is 4.79 Å². The van der Waals surface area contributed by atoms with E-state index >= 15 is 0 Å². The monoisotopic (exact) mass is 458 g/mol. The van der Waals surface area contributed by atoms with Crippen molar-refractivity contribution in [3.8, 4) is 0 Å². The van der Waals surface area contributed by atoms with Crippen LogP contribution in [0.5, 0.6) is 0 Å². The molecule has 2 aliphatic heterocycles. The predicted molar refractivity (Wildman–Crippen MR) is 105 cm³/mol. The highest BCUT2D eigenvalue weighted by Crippen LogP contribution is 2.37. The molecule has 0 aromatic heterocycles. The molecule has 0 unspecified atom stereocenters. The van der Waals surface area contributed by atoms with Crippen molar-refractivity contribution in [2.45, 2.75) is 90.6 Å². The first-order valence-corrected chi connectivity index (χ1v) is 10.2. The lowest BCUT2D eigenvalue weighted by molar-refractivity contribution is -0.193. The van der Waals surface area contributed by atoms with Crippen LogP contribution in [0.4, 0.5) is 0 Å². The number of hydrogen-bond acceptors (Lipinski definition) is 10. The summed E-state index contributed by atoms with van der Waals surface area (Å²) in [4.78, 5) is 39.1. The van der Waals surface area contributed by atoms with Crippen LogP contribution in [-0.4, -0.2) is 83.7 Å². The van der Waals surface area contributed by atoms with E-state index in [4.69, 9.17) is 33.2 Å². The summed E-state index contributed by atoms with van der Waals surface area (Å²) in [6.45, 7) is 10.5. The zero-order valence-electron chi connectivity index (χ0n) is 19.3. The summed E-state index contributed by atoms with van der Waals surface area (Å²) in [7, 11) is 0. The van der Waals surface area contributed by atoms with E-state index in [9.17, 15) is 19.9 Å². The van der Waals surface area contributed by atoms with E-state index in [1.54, 1.807) is 34.6 Å². The Morgan fingerprint density at radius 1 is 1.00 bits per heavy atom. The van der Waals surface area contributed by atoms with Crippen LogP contribution in [-0.2, 0) is 47.5 Å². The molecule has 180 valence electrons. The molecule has 0 aliphatic carbocycles. The molecule has 0 aromatic carbocycles. The van der Waals surface area contributed by atoms with Crippen LogP contribution in [0.3, 0.4) is 0 Å². The highest BCUT2D eigenvalue weighted by Gasteiger charge is 2.58. The van der Waals surface area contributed by atoms with Gasteiger partial charge in [0, 0.05) is 13.8 Å². The molecule has 0 N–H and O–H groups in total. The van der Waals surface area contributed by atoms with Crippen molar-refractivity contribution in [3.05, 3.63) is 5.53 Å². The van der Waals surface area contributed by atoms with Gasteiger partial charge < -0.3 is 38.7 Å². The van der Waals surface area contributed by atoms with E-state index in [-0.39, 0.29) is 13.2 Å². The molecule has 2 fully saturated rings. The molecule has 0 amide bonds. The van der Waals surface area contributed by atoms with Crippen LogP contribution in [0.15, 0.2) is 0 Å². The van der Waals surface area contributed by atoms with Gasteiger partial charge in [-0.3, -0.25) is 9.59 Å². The molecular formula is C20H30N2O10. The second kappa shape index (κ2) is 10.1. The van der Waals surface area contributed by atoms with E-state index in [0.717, 1.165) is 6.92 Å². The molecular weight excluding hydrogens is 428 g/mol. The largest absolute Gasteiger partial charge is 0.457 e. The summed E-state index contributed by atoms with van der Waals surface area (Å²) in [5, 5.41) is 0. The van der Waals surface area contributed by atoms with Crippen LogP contribution in [0.25, 0.3) is 5.53 Å². The number of carbonyl (C=O) groups excluding carboxylic acids is 3. The standard InChI is InChI=1S/C20H30N2O10/c1-8-26-18(25)13(22-21)15(29-11(3)24)17-16(31-20(6,7)32-17)14(28-10(2)23)12-9-27-19(4,5)30-12/h12,14-17H,8-9H2,1-7H3/t12-,14-,15-,16+,17-/m1/s1. The lowest BCUT2D eigenvalue weighted by Gasteiger charge is -2.31. The summed E-state index contributed by atoms with van der Waals surface area (Å²) in [6, 6.07) is 0. The second-order valence-electron chi connectivity index (χ2n) is 8.24. The molecule has 12 heteroatoms. The summed E-state index contributed by atoms with van der Waals surface area (Å²) < 4.78 is 39.1. The minimum Gasteiger partial charge on any atom is -0.457 e. The highest BCUT2D eigenvalue weighted by atomic mass is 16.8. The van der Waals surface area contributed by atoms with Gasteiger partial charge in [-0.2, -0.15) is 4.79 Å². The fraction of sp³-hybridized carbons (Fsp3) is 0.800. The topological polar surface area (TPSA) is 152 Å². The Bertz CT molecular complexity index is 789. The zero-order valence-corrected chi connectivity index (χ0v) is 19.3. The van der Waals surface area contributed by atoms with E-state index in [1.807, 2.05) is 0 Å². The number of ether oxygens (including phenoxy) is 7. The van der Waals surface area contributed by atoms with Gasteiger partial charge in [-0.05, 0) is 34.6 Å². The Morgan fingerprint density at radius 3 is 2.06 bits per heavy atom. The maximum atomic E-state index is 12.4. The third kappa shape index (κ3) is 6.33. The zero-order chi connectivity index (χ0) is 24.3. The van der Waals surface area contributed by atoms with Crippen molar-refractivity contribution in [1.29, 1.82) is 0 Å². The predicted octanol–water partition coefficient (Wildman–Crippen LogP) is 0.755. The number of esters is 3. The van der Waals surface area contributed by atoms with E-state index < -0.39 is 65.7 Å². The SMILES string of the molecule is CCOC(=O)C(=[N+]=[N-])[C@@H](OC(C)=O)[C@H]1OC(C)(C)O[C@H]1[C@H](OC(C)=O)[C@H]1COC(C)(C)O1. The first kappa shape index (κ1) is 25.9. The molecule has 5 atom stereocenters. The molecule has 2 rings (SSSR count). The quantitative estimate of drug-likeness (QED) is 0.167. The highest BCUT2D eigenvalue weighted by molar-refractivity contribution is 6.36. The lowest BCUT2D eigenvalue weighted by atomic mass is 9.96. The smallest absolute Gasteiger partial charge is 0.421 e. The van der Waals surface area contributed by atoms with Crippen molar-refractivity contribution in [2.75, 3.05) is 13.2 Å². The van der Waals surface area contributed by atoms with Gasteiger partial charge in [-0.1, -0.05) is 0 Å². The Hall–Kier alpha value is -2.37. The average Bonchev–Trinajstić information content (AvgIpc) is 3.17. The van der Waals surface area contributed by atoms with Crippen LogP contribution in [0, 0.1) is 0 Å². The van der Waals surface area contributed by atoms with E-state index in [2.05, 4.69) is 4.79 Å². The third-order valence-corrected chi connectivity index (χ3v) is 4.64. The number of hydrogen-bond donors (Lipinski definition) is 0. The third-order valence-electron chi connectivity index (χ3n) is 4.64.